The SMILES string of the molecule is CCCC(C)C(=O)Nc1ccc(C)c(C#CCN)c1. The second-order valence-electron chi connectivity index (χ2n) is 4.71. The highest BCUT2D eigenvalue weighted by Crippen LogP contribution is 2.16. The Labute approximate surface area is 115 Å². The maximum atomic E-state index is 11.9. The van der Waals surface area contributed by atoms with Crippen molar-refractivity contribution in [2.75, 3.05) is 11.9 Å². The Morgan fingerprint density at radius 1 is 1.47 bits per heavy atom. The Kier molecular flexibility index (Phi) is 6.11. The fraction of sp³-hybridized carbons (Fsp3) is 0.438. The van der Waals surface area contributed by atoms with Crippen LogP contribution in [0.4, 0.5) is 5.69 Å². The maximum absolute atomic E-state index is 11.9. The zero-order chi connectivity index (χ0) is 14.3. The first-order valence-corrected chi connectivity index (χ1v) is 6.69. The van der Waals surface area contributed by atoms with Crippen LogP contribution >= 0.6 is 0 Å². The number of carbonyl (C=O) groups is 1. The minimum absolute atomic E-state index is 0.0323. The molecule has 1 aromatic rings. The maximum Gasteiger partial charge on any atom is 0.227 e. The van der Waals surface area contributed by atoms with E-state index in [1.807, 2.05) is 32.0 Å². The zero-order valence-electron chi connectivity index (χ0n) is 11.9. The van der Waals surface area contributed by atoms with Gasteiger partial charge in [0.05, 0.1) is 6.54 Å². The minimum atomic E-state index is 0.0323. The van der Waals surface area contributed by atoms with Gasteiger partial charge in [-0.15, -0.1) is 0 Å². The molecule has 0 radical (unpaired) electrons. The molecule has 1 atom stereocenters. The normalized spacial score (nSPS) is 11.4. The largest absolute Gasteiger partial charge is 0.326 e. The van der Waals surface area contributed by atoms with Crippen molar-refractivity contribution >= 4 is 11.6 Å². The topological polar surface area (TPSA) is 55.1 Å². The smallest absolute Gasteiger partial charge is 0.227 e. The van der Waals surface area contributed by atoms with Gasteiger partial charge in [0.1, 0.15) is 0 Å². The van der Waals surface area contributed by atoms with E-state index in [1.165, 1.54) is 0 Å². The van der Waals surface area contributed by atoms with Crippen molar-refractivity contribution in [1.82, 2.24) is 0 Å². The summed E-state index contributed by atoms with van der Waals surface area (Å²) in [5.41, 5.74) is 8.16. The van der Waals surface area contributed by atoms with Crippen molar-refractivity contribution in [2.45, 2.75) is 33.6 Å². The highest BCUT2D eigenvalue weighted by molar-refractivity contribution is 5.92. The molecule has 19 heavy (non-hydrogen) atoms. The van der Waals surface area contributed by atoms with Gasteiger partial charge in [-0.2, -0.15) is 0 Å². The lowest BCUT2D eigenvalue weighted by Gasteiger charge is -2.12. The molecule has 0 heterocycles. The molecule has 0 bridgehead atoms. The van der Waals surface area contributed by atoms with Gasteiger partial charge in [-0.25, -0.2) is 0 Å². The van der Waals surface area contributed by atoms with Gasteiger partial charge in [-0.1, -0.05) is 38.2 Å². The summed E-state index contributed by atoms with van der Waals surface area (Å²) in [4.78, 5) is 11.9. The quantitative estimate of drug-likeness (QED) is 0.816. The van der Waals surface area contributed by atoms with E-state index in [0.717, 1.165) is 29.7 Å². The number of amides is 1. The summed E-state index contributed by atoms with van der Waals surface area (Å²) in [5, 5.41) is 2.93. The first-order chi connectivity index (χ1) is 9.08. The average molecular weight is 258 g/mol. The van der Waals surface area contributed by atoms with Gasteiger partial charge in [0.2, 0.25) is 5.91 Å². The molecule has 3 heteroatoms. The van der Waals surface area contributed by atoms with E-state index >= 15 is 0 Å². The Morgan fingerprint density at radius 3 is 2.84 bits per heavy atom. The van der Waals surface area contributed by atoms with Crippen molar-refractivity contribution in [3.05, 3.63) is 29.3 Å². The van der Waals surface area contributed by atoms with E-state index < -0.39 is 0 Å². The summed E-state index contributed by atoms with van der Waals surface area (Å²) in [6, 6.07) is 5.76. The van der Waals surface area contributed by atoms with Crippen molar-refractivity contribution in [3.63, 3.8) is 0 Å². The van der Waals surface area contributed by atoms with Crippen molar-refractivity contribution in [1.29, 1.82) is 0 Å². The highest BCUT2D eigenvalue weighted by atomic mass is 16.1. The molecular weight excluding hydrogens is 236 g/mol. The first-order valence-electron chi connectivity index (χ1n) is 6.69. The van der Waals surface area contributed by atoms with Crippen molar-refractivity contribution in [2.24, 2.45) is 11.7 Å². The lowest BCUT2D eigenvalue weighted by molar-refractivity contribution is -0.119. The van der Waals surface area contributed by atoms with Crippen LogP contribution < -0.4 is 11.1 Å². The van der Waals surface area contributed by atoms with Crippen LogP contribution in [0.15, 0.2) is 18.2 Å². The van der Waals surface area contributed by atoms with E-state index in [4.69, 9.17) is 5.73 Å². The predicted octanol–water partition coefficient (Wildman–Crippen LogP) is 2.68. The van der Waals surface area contributed by atoms with Crippen LogP contribution in [0.25, 0.3) is 0 Å². The molecule has 3 nitrogen and oxygen atoms in total. The molecule has 102 valence electrons. The third-order valence-electron chi connectivity index (χ3n) is 3.00. The predicted molar refractivity (Wildman–Crippen MR) is 79.8 cm³/mol. The van der Waals surface area contributed by atoms with Crippen LogP contribution in [0.5, 0.6) is 0 Å². The van der Waals surface area contributed by atoms with E-state index in [2.05, 4.69) is 24.1 Å². The molecule has 0 aliphatic heterocycles. The number of aryl methyl sites for hydroxylation is 1. The number of anilines is 1. The van der Waals surface area contributed by atoms with Gasteiger partial charge in [0.25, 0.3) is 0 Å². The number of hydrogen-bond acceptors (Lipinski definition) is 2. The number of rotatable bonds is 4. The number of carbonyl (C=O) groups excluding carboxylic acids is 1. The Morgan fingerprint density at radius 2 is 2.21 bits per heavy atom. The van der Waals surface area contributed by atoms with E-state index in [-0.39, 0.29) is 11.8 Å². The molecule has 1 rings (SSSR count). The first kappa shape index (κ1) is 15.3. The molecule has 1 aromatic carbocycles. The van der Waals surface area contributed by atoms with Gasteiger partial charge in [-0.05, 0) is 31.0 Å². The van der Waals surface area contributed by atoms with Crippen LogP contribution in [-0.2, 0) is 4.79 Å². The van der Waals surface area contributed by atoms with E-state index in [9.17, 15) is 4.79 Å². The fourth-order valence-corrected chi connectivity index (χ4v) is 1.81. The lowest BCUT2D eigenvalue weighted by atomic mass is 10.0. The van der Waals surface area contributed by atoms with Crippen LogP contribution in [0.1, 0.15) is 37.8 Å². The fourth-order valence-electron chi connectivity index (χ4n) is 1.81. The highest BCUT2D eigenvalue weighted by Gasteiger charge is 2.12. The minimum Gasteiger partial charge on any atom is -0.326 e. The summed E-state index contributed by atoms with van der Waals surface area (Å²) in [5.74, 6) is 5.94. The third-order valence-corrected chi connectivity index (χ3v) is 3.00. The molecule has 0 aliphatic rings. The lowest BCUT2D eigenvalue weighted by Crippen LogP contribution is -2.20. The number of nitrogens with two attached hydrogens (primary N) is 1. The summed E-state index contributed by atoms with van der Waals surface area (Å²) >= 11 is 0. The molecule has 3 N–H and O–H groups in total. The second-order valence-corrected chi connectivity index (χ2v) is 4.71. The molecule has 0 spiro atoms. The molecule has 1 amide bonds. The molecular formula is C16H22N2O. The van der Waals surface area contributed by atoms with Crippen LogP contribution in [0.3, 0.4) is 0 Å². The van der Waals surface area contributed by atoms with Gasteiger partial charge < -0.3 is 11.1 Å². The van der Waals surface area contributed by atoms with Gasteiger partial charge >= 0.3 is 0 Å². The number of benzene rings is 1. The van der Waals surface area contributed by atoms with Gasteiger partial charge in [0.15, 0.2) is 0 Å². The Hall–Kier alpha value is -1.79. The summed E-state index contributed by atoms with van der Waals surface area (Å²) in [6.07, 6.45) is 1.91. The molecule has 0 aliphatic carbocycles. The van der Waals surface area contributed by atoms with E-state index in [0.29, 0.717) is 6.54 Å². The van der Waals surface area contributed by atoms with Gasteiger partial charge in [0, 0.05) is 17.2 Å². The standard InChI is InChI=1S/C16H22N2O/c1-4-6-13(3)16(19)18-15-9-8-12(2)14(11-15)7-5-10-17/h8-9,11,13H,4,6,10,17H2,1-3H3,(H,18,19). The van der Waals surface area contributed by atoms with E-state index in [1.54, 1.807) is 0 Å². The Bertz CT molecular complexity index is 497. The van der Waals surface area contributed by atoms with Crippen LogP contribution in [0, 0.1) is 24.7 Å². The third kappa shape index (κ3) is 4.76. The monoisotopic (exact) mass is 258 g/mol. The van der Waals surface area contributed by atoms with Crippen molar-refractivity contribution in [3.8, 4) is 11.8 Å². The zero-order valence-corrected chi connectivity index (χ0v) is 11.9. The summed E-state index contributed by atoms with van der Waals surface area (Å²) < 4.78 is 0. The molecule has 0 aromatic heterocycles. The average Bonchev–Trinajstić information content (AvgIpc) is 2.39. The Balaban J connectivity index is 2.82. The number of nitrogens with one attached hydrogen (secondary N) is 1. The number of hydrogen-bond donors (Lipinski definition) is 2. The molecule has 0 saturated heterocycles. The summed E-state index contributed by atoms with van der Waals surface area (Å²) in [7, 11) is 0. The molecule has 0 fully saturated rings. The molecule has 0 saturated carbocycles. The van der Waals surface area contributed by atoms with Crippen LogP contribution in [-0.4, -0.2) is 12.5 Å². The van der Waals surface area contributed by atoms with Crippen molar-refractivity contribution < 1.29 is 4.79 Å². The second kappa shape index (κ2) is 7.60. The molecule has 1 unspecified atom stereocenters. The summed E-state index contributed by atoms with van der Waals surface area (Å²) in [6.45, 7) is 6.35. The van der Waals surface area contributed by atoms with Gasteiger partial charge in [-0.3, -0.25) is 4.79 Å². The van der Waals surface area contributed by atoms with Crippen LogP contribution in [0.2, 0.25) is 0 Å².